The molecule has 0 fully saturated rings. The van der Waals surface area contributed by atoms with Gasteiger partial charge in [-0.25, -0.2) is 0 Å². The molecule has 2 N–H and O–H groups in total. The van der Waals surface area contributed by atoms with Crippen molar-refractivity contribution < 1.29 is 9.59 Å². The first-order valence-electron chi connectivity index (χ1n) is 6.02. The molecule has 5 nitrogen and oxygen atoms in total. The van der Waals surface area contributed by atoms with Gasteiger partial charge in [-0.05, 0) is 27.7 Å². The van der Waals surface area contributed by atoms with E-state index in [4.69, 9.17) is 0 Å². The molecule has 0 saturated heterocycles. The van der Waals surface area contributed by atoms with E-state index in [1.807, 2.05) is 27.7 Å². The van der Waals surface area contributed by atoms with E-state index in [-0.39, 0.29) is 29.9 Å². The minimum atomic E-state index is -0.250. The maximum Gasteiger partial charge on any atom is 0.237 e. The summed E-state index contributed by atoms with van der Waals surface area (Å²) in [6, 6.07) is -0.0360. The Labute approximate surface area is 104 Å². The average molecular weight is 243 g/mol. The molecule has 0 aliphatic rings. The van der Waals surface area contributed by atoms with E-state index in [1.165, 1.54) is 6.92 Å². The van der Waals surface area contributed by atoms with Crippen LogP contribution in [0.2, 0.25) is 0 Å². The third-order valence-corrected chi connectivity index (χ3v) is 2.70. The number of carbonyl (C=O) groups excluding carboxylic acids is 2. The van der Waals surface area contributed by atoms with Crippen LogP contribution in [0.5, 0.6) is 0 Å². The lowest BCUT2D eigenvalue weighted by Crippen LogP contribution is -2.49. The predicted molar refractivity (Wildman–Crippen MR) is 68.6 cm³/mol. The van der Waals surface area contributed by atoms with Gasteiger partial charge in [0.1, 0.15) is 0 Å². The standard InChI is InChI=1S/C12H25N3O2/c1-8(2)14-12(17)10(4)13-7-9(3)15(6)11(5)16/h8-10,13H,7H2,1-6H3,(H,14,17). The molecule has 2 unspecified atom stereocenters. The Hall–Kier alpha value is -1.10. The average Bonchev–Trinajstić information content (AvgIpc) is 2.22. The second kappa shape index (κ2) is 7.27. The molecule has 100 valence electrons. The van der Waals surface area contributed by atoms with Gasteiger partial charge >= 0.3 is 0 Å². The Morgan fingerprint density at radius 3 is 2.12 bits per heavy atom. The number of carbonyl (C=O) groups is 2. The highest BCUT2D eigenvalue weighted by Crippen LogP contribution is 1.95. The molecule has 2 atom stereocenters. The molecule has 0 radical (unpaired) electrons. The Morgan fingerprint density at radius 1 is 1.18 bits per heavy atom. The van der Waals surface area contributed by atoms with E-state index in [1.54, 1.807) is 11.9 Å². The van der Waals surface area contributed by atoms with E-state index in [9.17, 15) is 9.59 Å². The Kier molecular flexibility index (Phi) is 6.80. The summed E-state index contributed by atoms with van der Waals surface area (Å²) in [6.07, 6.45) is 0. The van der Waals surface area contributed by atoms with Crippen molar-refractivity contribution in [1.29, 1.82) is 0 Å². The Bertz CT molecular complexity index is 266. The maximum atomic E-state index is 11.6. The zero-order chi connectivity index (χ0) is 13.6. The molecule has 0 aromatic carbocycles. The van der Waals surface area contributed by atoms with Crippen molar-refractivity contribution in [3.63, 3.8) is 0 Å². The van der Waals surface area contributed by atoms with Crippen molar-refractivity contribution >= 4 is 11.8 Å². The van der Waals surface area contributed by atoms with Crippen LogP contribution in [-0.2, 0) is 9.59 Å². The van der Waals surface area contributed by atoms with E-state index in [0.717, 1.165) is 0 Å². The van der Waals surface area contributed by atoms with Gasteiger partial charge in [0.15, 0.2) is 0 Å². The van der Waals surface area contributed by atoms with Gasteiger partial charge in [-0.1, -0.05) is 0 Å². The molecule has 0 heterocycles. The number of rotatable bonds is 6. The van der Waals surface area contributed by atoms with Crippen molar-refractivity contribution in [1.82, 2.24) is 15.5 Å². The fourth-order valence-corrected chi connectivity index (χ4v) is 1.30. The summed E-state index contributed by atoms with van der Waals surface area (Å²) in [5.41, 5.74) is 0. The highest BCUT2D eigenvalue weighted by Gasteiger charge is 2.16. The van der Waals surface area contributed by atoms with Crippen molar-refractivity contribution in [3.8, 4) is 0 Å². The summed E-state index contributed by atoms with van der Waals surface area (Å²) in [5, 5.41) is 5.95. The van der Waals surface area contributed by atoms with E-state index < -0.39 is 0 Å². The van der Waals surface area contributed by atoms with Gasteiger partial charge in [0.05, 0.1) is 6.04 Å². The number of hydrogen-bond donors (Lipinski definition) is 2. The molecular weight excluding hydrogens is 218 g/mol. The molecule has 17 heavy (non-hydrogen) atoms. The number of hydrogen-bond acceptors (Lipinski definition) is 3. The topological polar surface area (TPSA) is 61.4 Å². The number of nitrogens with one attached hydrogen (secondary N) is 2. The molecule has 0 aromatic rings. The molecule has 0 bridgehead atoms. The first kappa shape index (κ1) is 15.9. The monoisotopic (exact) mass is 243 g/mol. The van der Waals surface area contributed by atoms with Crippen molar-refractivity contribution in [3.05, 3.63) is 0 Å². The Balaban J connectivity index is 4.02. The van der Waals surface area contributed by atoms with Crippen LogP contribution in [0.4, 0.5) is 0 Å². The first-order valence-corrected chi connectivity index (χ1v) is 6.02. The van der Waals surface area contributed by atoms with Crippen LogP contribution in [-0.4, -0.2) is 48.4 Å². The summed E-state index contributed by atoms with van der Waals surface area (Å²) in [5.74, 6) is 0.0104. The van der Waals surface area contributed by atoms with Crippen molar-refractivity contribution in [2.75, 3.05) is 13.6 Å². The van der Waals surface area contributed by atoms with Crippen LogP contribution in [0.15, 0.2) is 0 Å². The molecule has 0 spiro atoms. The minimum absolute atomic E-state index is 0.0160. The minimum Gasteiger partial charge on any atom is -0.353 e. The molecule has 0 saturated carbocycles. The van der Waals surface area contributed by atoms with Crippen LogP contribution in [0.25, 0.3) is 0 Å². The largest absolute Gasteiger partial charge is 0.353 e. The van der Waals surface area contributed by atoms with Gasteiger partial charge in [0, 0.05) is 32.6 Å². The maximum absolute atomic E-state index is 11.6. The van der Waals surface area contributed by atoms with Crippen molar-refractivity contribution in [2.24, 2.45) is 0 Å². The van der Waals surface area contributed by atoms with Gasteiger partial charge in [-0.2, -0.15) is 0 Å². The second-order valence-electron chi connectivity index (χ2n) is 4.77. The molecule has 0 rings (SSSR count). The third kappa shape index (κ3) is 6.26. The number of amides is 2. The fraction of sp³-hybridized carbons (Fsp3) is 0.833. The lowest BCUT2D eigenvalue weighted by molar-refractivity contribution is -0.129. The third-order valence-electron chi connectivity index (χ3n) is 2.70. The van der Waals surface area contributed by atoms with E-state index in [0.29, 0.717) is 6.54 Å². The van der Waals surface area contributed by atoms with E-state index >= 15 is 0 Å². The predicted octanol–water partition coefficient (Wildman–Crippen LogP) is 0.356. The molecule has 2 amide bonds. The molecule has 0 aliphatic heterocycles. The molecule has 0 aromatic heterocycles. The summed E-state index contributed by atoms with van der Waals surface area (Å²) < 4.78 is 0. The van der Waals surface area contributed by atoms with Crippen LogP contribution in [0.1, 0.15) is 34.6 Å². The van der Waals surface area contributed by atoms with Crippen LogP contribution in [0, 0.1) is 0 Å². The summed E-state index contributed by atoms with van der Waals surface area (Å²) in [4.78, 5) is 24.4. The van der Waals surface area contributed by atoms with Gasteiger partial charge in [-0.3, -0.25) is 9.59 Å². The summed E-state index contributed by atoms with van der Waals surface area (Å²) in [7, 11) is 1.76. The highest BCUT2D eigenvalue weighted by molar-refractivity contribution is 5.81. The SMILES string of the molecule is CC(=O)N(C)C(C)CNC(C)C(=O)NC(C)C. The van der Waals surface area contributed by atoms with Gasteiger partial charge in [0.25, 0.3) is 0 Å². The van der Waals surface area contributed by atoms with E-state index in [2.05, 4.69) is 10.6 Å². The fourth-order valence-electron chi connectivity index (χ4n) is 1.30. The zero-order valence-electron chi connectivity index (χ0n) is 11.7. The van der Waals surface area contributed by atoms with Crippen LogP contribution >= 0.6 is 0 Å². The summed E-state index contributed by atoms with van der Waals surface area (Å²) >= 11 is 0. The number of likely N-dealkylation sites (N-methyl/N-ethyl adjacent to an activating group) is 1. The first-order chi connectivity index (χ1) is 7.75. The smallest absolute Gasteiger partial charge is 0.237 e. The van der Waals surface area contributed by atoms with Gasteiger partial charge in [-0.15, -0.1) is 0 Å². The number of nitrogens with zero attached hydrogens (tertiary/aromatic N) is 1. The van der Waals surface area contributed by atoms with Crippen LogP contribution in [0.3, 0.4) is 0 Å². The second-order valence-corrected chi connectivity index (χ2v) is 4.77. The van der Waals surface area contributed by atoms with Gasteiger partial charge in [0.2, 0.25) is 11.8 Å². The molecular formula is C12H25N3O2. The lowest BCUT2D eigenvalue weighted by atomic mass is 10.2. The Morgan fingerprint density at radius 2 is 1.71 bits per heavy atom. The van der Waals surface area contributed by atoms with Gasteiger partial charge < -0.3 is 15.5 Å². The molecule has 0 aliphatic carbocycles. The quantitative estimate of drug-likeness (QED) is 0.708. The van der Waals surface area contributed by atoms with Crippen LogP contribution < -0.4 is 10.6 Å². The normalized spacial score (nSPS) is 14.3. The lowest BCUT2D eigenvalue weighted by Gasteiger charge is -2.25. The highest BCUT2D eigenvalue weighted by atomic mass is 16.2. The van der Waals surface area contributed by atoms with Crippen molar-refractivity contribution in [2.45, 2.75) is 52.7 Å². The molecule has 5 heteroatoms. The summed E-state index contributed by atoms with van der Waals surface area (Å²) in [6.45, 7) is 9.75. The zero-order valence-corrected chi connectivity index (χ0v) is 11.7.